The van der Waals surface area contributed by atoms with Crippen molar-refractivity contribution in [3.05, 3.63) is 18.0 Å². The van der Waals surface area contributed by atoms with E-state index in [9.17, 15) is 13.2 Å². The molecule has 0 saturated carbocycles. The number of rotatable bonds is 2. The van der Waals surface area contributed by atoms with Gasteiger partial charge in [-0.15, -0.1) is 0 Å². The van der Waals surface area contributed by atoms with Crippen LogP contribution in [0.4, 0.5) is 0 Å². The summed E-state index contributed by atoms with van der Waals surface area (Å²) in [4.78, 5) is 10.7. The molecule has 2 heterocycles. The third kappa shape index (κ3) is 2.24. The first-order valence-corrected chi connectivity index (χ1v) is 6.78. The van der Waals surface area contributed by atoms with E-state index in [2.05, 4.69) is 5.10 Å². The minimum absolute atomic E-state index is 0.00313. The van der Waals surface area contributed by atoms with Crippen molar-refractivity contribution in [2.75, 3.05) is 11.5 Å². The highest BCUT2D eigenvalue weighted by Gasteiger charge is 2.25. The van der Waals surface area contributed by atoms with E-state index in [1.807, 2.05) is 0 Å². The number of carboxylic acids is 1. The van der Waals surface area contributed by atoms with Gasteiger partial charge in [-0.2, -0.15) is 5.10 Å². The number of aromatic nitrogens is 2. The number of sulfone groups is 1. The van der Waals surface area contributed by atoms with Gasteiger partial charge in [-0.25, -0.2) is 13.2 Å². The van der Waals surface area contributed by atoms with Gasteiger partial charge in [-0.05, 0) is 12.8 Å². The van der Waals surface area contributed by atoms with Crippen molar-refractivity contribution in [1.82, 2.24) is 9.78 Å². The van der Waals surface area contributed by atoms with Crippen LogP contribution >= 0.6 is 0 Å². The quantitative estimate of drug-likeness (QED) is 0.809. The molecule has 1 aliphatic heterocycles. The lowest BCUT2D eigenvalue weighted by Crippen LogP contribution is -2.25. The number of hydrogen-bond donors (Lipinski definition) is 1. The van der Waals surface area contributed by atoms with Gasteiger partial charge in [0.25, 0.3) is 0 Å². The molecular formula is C9H12N2O4S. The lowest BCUT2D eigenvalue weighted by molar-refractivity contribution is 0.0696. The zero-order valence-corrected chi connectivity index (χ0v) is 9.35. The van der Waals surface area contributed by atoms with Crippen LogP contribution < -0.4 is 0 Å². The standard InChI is InChI=1S/C9H12N2O4S/c12-9(13)7-5-10-11(6-7)8-1-3-16(14,15)4-2-8/h5-6,8H,1-4H2,(H,12,13). The molecule has 1 aromatic heterocycles. The first kappa shape index (κ1) is 11.1. The van der Waals surface area contributed by atoms with Crippen LogP contribution in [-0.2, 0) is 9.84 Å². The molecule has 0 spiro atoms. The summed E-state index contributed by atoms with van der Waals surface area (Å²) < 4.78 is 24.0. The molecule has 1 fully saturated rings. The fourth-order valence-electron chi connectivity index (χ4n) is 1.79. The van der Waals surface area contributed by atoms with Crippen LogP contribution in [0.1, 0.15) is 29.2 Å². The van der Waals surface area contributed by atoms with E-state index in [1.165, 1.54) is 12.4 Å². The Hall–Kier alpha value is -1.37. The number of hydrogen-bond acceptors (Lipinski definition) is 4. The number of carboxylic acid groups (broad SMARTS) is 1. The van der Waals surface area contributed by atoms with Gasteiger partial charge in [-0.3, -0.25) is 4.68 Å². The maximum Gasteiger partial charge on any atom is 0.338 e. The maximum absolute atomic E-state index is 11.2. The third-order valence-electron chi connectivity index (χ3n) is 2.75. The molecule has 6 nitrogen and oxygen atoms in total. The van der Waals surface area contributed by atoms with E-state index < -0.39 is 15.8 Å². The molecule has 0 bridgehead atoms. The second-order valence-electron chi connectivity index (χ2n) is 3.90. The summed E-state index contributed by atoms with van der Waals surface area (Å²) in [5.74, 6) is -0.713. The number of carbonyl (C=O) groups is 1. The molecule has 88 valence electrons. The molecule has 16 heavy (non-hydrogen) atoms. The van der Waals surface area contributed by atoms with Crippen LogP contribution in [0.5, 0.6) is 0 Å². The van der Waals surface area contributed by atoms with Gasteiger partial charge in [0.2, 0.25) is 0 Å². The molecule has 0 aromatic carbocycles. The zero-order valence-electron chi connectivity index (χ0n) is 8.54. The normalized spacial score (nSPS) is 20.8. The molecule has 1 aromatic rings. The van der Waals surface area contributed by atoms with Crippen molar-refractivity contribution in [3.8, 4) is 0 Å². The van der Waals surface area contributed by atoms with Crippen LogP contribution in [-0.4, -0.2) is 40.8 Å². The minimum Gasteiger partial charge on any atom is -0.478 e. The molecule has 1 N–H and O–H groups in total. The summed E-state index contributed by atoms with van der Waals surface area (Å²) in [6, 6.07) is -0.00313. The predicted octanol–water partition coefficient (Wildman–Crippen LogP) is 0.331. The smallest absolute Gasteiger partial charge is 0.338 e. The van der Waals surface area contributed by atoms with Crippen LogP contribution in [0.3, 0.4) is 0 Å². The van der Waals surface area contributed by atoms with Crippen LogP contribution in [0.2, 0.25) is 0 Å². The van der Waals surface area contributed by atoms with Crippen molar-refractivity contribution < 1.29 is 18.3 Å². The molecule has 1 aliphatic rings. The first-order valence-electron chi connectivity index (χ1n) is 4.96. The van der Waals surface area contributed by atoms with Gasteiger partial charge in [0, 0.05) is 6.20 Å². The van der Waals surface area contributed by atoms with Crippen molar-refractivity contribution in [2.45, 2.75) is 18.9 Å². The molecule has 7 heteroatoms. The van der Waals surface area contributed by atoms with Crippen molar-refractivity contribution in [2.24, 2.45) is 0 Å². The average molecular weight is 244 g/mol. The summed E-state index contributed by atoms with van der Waals surface area (Å²) in [5, 5.41) is 12.7. The second-order valence-corrected chi connectivity index (χ2v) is 6.20. The van der Waals surface area contributed by atoms with Crippen LogP contribution in [0.15, 0.2) is 12.4 Å². The molecule has 2 rings (SSSR count). The van der Waals surface area contributed by atoms with Gasteiger partial charge >= 0.3 is 5.97 Å². The van der Waals surface area contributed by atoms with Crippen LogP contribution in [0.25, 0.3) is 0 Å². The van der Waals surface area contributed by atoms with Gasteiger partial charge in [0.05, 0.1) is 29.3 Å². The Labute approximate surface area is 92.8 Å². The van der Waals surface area contributed by atoms with Crippen molar-refractivity contribution >= 4 is 15.8 Å². The topological polar surface area (TPSA) is 89.3 Å². The molecule has 0 unspecified atom stereocenters. The summed E-state index contributed by atoms with van der Waals surface area (Å²) >= 11 is 0. The highest BCUT2D eigenvalue weighted by Crippen LogP contribution is 2.23. The number of aromatic carboxylic acids is 1. The van der Waals surface area contributed by atoms with Gasteiger partial charge in [-0.1, -0.05) is 0 Å². The summed E-state index contributed by atoms with van der Waals surface area (Å²) in [7, 11) is -2.89. The molecule has 0 atom stereocenters. The Bertz CT molecular complexity index is 491. The van der Waals surface area contributed by atoms with Crippen molar-refractivity contribution in [3.63, 3.8) is 0 Å². The fraction of sp³-hybridized carbons (Fsp3) is 0.556. The maximum atomic E-state index is 11.2. The Morgan fingerprint density at radius 1 is 1.44 bits per heavy atom. The lowest BCUT2D eigenvalue weighted by Gasteiger charge is -2.21. The Balaban J connectivity index is 2.11. The molecule has 1 saturated heterocycles. The second kappa shape index (κ2) is 3.89. The first-order chi connectivity index (χ1) is 7.48. The minimum atomic E-state index is -2.89. The molecule has 0 radical (unpaired) electrons. The summed E-state index contributed by atoms with van der Waals surface area (Å²) in [5.41, 5.74) is 0.133. The summed E-state index contributed by atoms with van der Waals surface area (Å²) in [6.45, 7) is 0. The Kier molecular flexibility index (Phi) is 2.71. The average Bonchev–Trinajstić information content (AvgIpc) is 2.66. The van der Waals surface area contributed by atoms with E-state index >= 15 is 0 Å². The fourth-order valence-corrected chi connectivity index (χ4v) is 3.26. The predicted molar refractivity (Wildman–Crippen MR) is 56.1 cm³/mol. The Morgan fingerprint density at radius 3 is 2.56 bits per heavy atom. The zero-order chi connectivity index (χ0) is 11.8. The lowest BCUT2D eigenvalue weighted by atomic mass is 10.2. The van der Waals surface area contributed by atoms with E-state index in [-0.39, 0.29) is 23.1 Å². The van der Waals surface area contributed by atoms with Gasteiger partial charge in [0.1, 0.15) is 9.84 Å². The largest absolute Gasteiger partial charge is 0.478 e. The van der Waals surface area contributed by atoms with E-state index in [1.54, 1.807) is 4.68 Å². The monoisotopic (exact) mass is 244 g/mol. The van der Waals surface area contributed by atoms with Crippen LogP contribution in [0, 0.1) is 0 Å². The van der Waals surface area contributed by atoms with E-state index in [0.717, 1.165) is 0 Å². The highest BCUT2D eigenvalue weighted by atomic mass is 32.2. The SMILES string of the molecule is O=C(O)c1cnn(C2CCS(=O)(=O)CC2)c1. The summed E-state index contributed by atoms with van der Waals surface area (Å²) in [6.07, 6.45) is 3.74. The molecule has 0 amide bonds. The van der Waals surface area contributed by atoms with E-state index in [0.29, 0.717) is 12.8 Å². The van der Waals surface area contributed by atoms with Gasteiger partial charge < -0.3 is 5.11 Å². The highest BCUT2D eigenvalue weighted by molar-refractivity contribution is 7.91. The molecular weight excluding hydrogens is 232 g/mol. The van der Waals surface area contributed by atoms with E-state index in [4.69, 9.17) is 5.11 Å². The molecule has 0 aliphatic carbocycles. The van der Waals surface area contributed by atoms with Crippen molar-refractivity contribution in [1.29, 1.82) is 0 Å². The third-order valence-corrected chi connectivity index (χ3v) is 4.46. The Morgan fingerprint density at radius 2 is 2.06 bits per heavy atom. The van der Waals surface area contributed by atoms with Gasteiger partial charge in [0.15, 0.2) is 0 Å². The number of nitrogens with zero attached hydrogens (tertiary/aromatic N) is 2.